The molecule has 1 aromatic carbocycles. The van der Waals surface area contributed by atoms with Crippen LogP contribution in [-0.4, -0.2) is 16.9 Å². The van der Waals surface area contributed by atoms with Gasteiger partial charge in [0.2, 0.25) is 0 Å². The van der Waals surface area contributed by atoms with Crippen LogP contribution in [-0.2, 0) is 9.53 Å². The van der Waals surface area contributed by atoms with Crippen molar-refractivity contribution in [2.45, 2.75) is 13.8 Å². The second-order valence-electron chi connectivity index (χ2n) is 4.14. The Balaban J connectivity index is 2.21. The number of carbonyl (C=O) groups is 2. The fraction of sp³-hybridized carbons (Fsp3) is 0.231. The number of nitrogens with one attached hydrogen (secondary N) is 1. The Morgan fingerprint density at radius 2 is 2.00 bits per heavy atom. The van der Waals surface area contributed by atoms with Crippen LogP contribution in [0.2, 0.25) is 0 Å². The molecule has 1 aromatic heterocycles. The molecule has 88 valence electrons. The van der Waals surface area contributed by atoms with Crippen LogP contribution in [0.1, 0.15) is 24.2 Å². The molecule has 0 amide bonds. The van der Waals surface area contributed by atoms with Crippen molar-refractivity contribution in [3.8, 4) is 0 Å². The summed E-state index contributed by atoms with van der Waals surface area (Å²) >= 11 is 0. The second kappa shape index (κ2) is 4.41. The minimum atomic E-state index is -0.611. The number of aromatic nitrogens is 1. The third kappa shape index (κ3) is 2.36. The quantitative estimate of drug-likeness (QED) is 0.638. The lowest BCUT2D eigenvalue weighted by Crippen LogP contribution is -2.17. The molecule has 0 atom stereocenters. The Morgan fingerprint density at radius 1 is 1.24 bits per heavy atom. The first-order valence-electron chi connectivity index (χ1n) is 5.41. The molecule has 0 saturated carbocycles. The molecule has 0 aliphatic heterocycles. The van der Waals surface area contributed by atoms with Gasteiger partial charge in [-0.15, -0.1) is 0 Å². The summed E-state index contributed by atoms with van der Waals surface area (Å²) in [5.74, 6) is -1.44. The van der Waals surface area contributed by atoms with Crippen LogP contribution in [0.15, 0.2) is 30.5 Å². The van der Waals surface area contributed by atoms with Crippen molar-refractivity contribution in [3.63, 3.8) is 0 Å². The predicted molar refractivity (Wildman–Crippen MR) is 63.6 cm³/mol. The Kier molecular flexibility index (Phi) is 2.95. The van der Waals surface area contributed by atoms with E-state index in [1.807, 2.05) is 12.1 Å². The van der Waals surface area contributed by atoms with E-state index in [-0.39, 0.29) is 5.92 Å². The van der Waals surface area contributed by atoms with Gasteiger partial charge in [-0.2, -0.15) is 0 Å². The van der Waals surface area contributed by atoms with Gasteiger partial charge >= 0.3 is 11.9 Å². The molecular weight excluding hydrogens is 218 g/mol. The molecule has 4 heteroatoms. The molecule has 0 fully saturated rings. The van der Waals surface area contributed by atoms with Gasteiger partial charge < -0.3 is 9.72 Å². The first kappa shape index (κ1) is 11.4. The van der Waals surface area contributed by atoms with E-state index in [0.29, 0.717) is 5.56 Å². The van der Waals surface area contributed by atoms with Crippen molar-refractivity contribution in [2.24, 2.45) is 5.92 Å². The molecule has 0 unspecified atom stereocenters. The summed E-state index contributed by atoms with van der Waals surface area (Å²) in [7, 11) is 0. The van der Waals surface area contributed by atoms with Gasteiger partial charge in [0, 0.05) is 11.7 Å². The van der Waals surface area contributed by atoms with Crippen molar-refractivity contribution in [3.05, 3.63) is 36.0 Å². The van der Waals surface area contributed by atoms with Gasteiger partial charge in [0.1, 0.15) is 0 Å². The standard InChI is InChI=1S/C13H13NO3/c1-8(2)12(15)17-13(16)10-4-3-9-5-6-14-11(9)7-10/h3-8,14H,1-2H3. The zero-order valence-corrected chi connectivity index (χ0v) is 9.69. The number of benzene rings is 1. The van der Waals surface area contributed by atoms with Gasteiger partial charge in [-0.25, -0.2) is 4.79 Å². The van der Waals surface area contributed by atoms with Crippen LogP contribution in [0, 0.1) is 5.92 Å². The van der Waals surface area contributed by atoms with E-state index in [0.717, 1.165) is 10.9 Å². The van der Waals surface area contributed by atoms with Gasteiger partial charge in [-0.3, -0.25) is 4.79 Å². The lowest BCUT2D eigenvalue weighted by molar-refractivity contribution is -0.141. The minimum absolute atomic E-state index is 0.312. The van der Waals surface area contributed by atoms with Gasteiger partial charge in [0.15, 0.2) is 0 Å². The van der Waals surface area contributed by atoms with Crippen molar-refractivity contribution < 1.29 is 14.3 Å². The number of ether oxygens (including phenoxy) is 1. The Bertz CT molecular complexity index is 569. The number of hydrogen-bond acceptors (Lipinski definition) is 3. The van der Waals surface area contributed by atoms with E-state index in [1.165, 1.54) is 0 Å². The number of rotatable bonds is 2. The van der Waals surface area contributed by atoms with E-state index in [9.17, 15) is 9.59 Å². The lowest BCUT2D eigenvalue weighted by Gasteiger charge is -2.05. The monoisotopic (exact) mass is 231 g/mol. The summed E-state index contributed by atoms with van der Waals surface area (Å²) < 4.78 is 4.73. The molecule has 4 nitrogen and oxygen atoms in total. The molecule has 2 rings (SSSR count). The lowest BCUT2D eigenvalue weighted by atomic mass is 10.1. The fourth-order valence-corrected chi connectivity index (χ4v) is 1.44. The van der Waals surface area contributed by atoms with Crippen LogP contribution in [0.25, 0.3) is 10.9 Å². The SMILES string of the molecule is CC(C)C(=O)OC(=O)c1ccc2cc[nH]c2c1. The molecule has 0 saturated heterocycles. The summed E-state index contributed by atoms with van der Waals surface area (Å²) in [6.45, 7) is 3.37. The maximum Gasteiger partial charge on any atom is 0.345 e. The highest BCUT2D eigenvalue weighted by Crippen LogP contribution is 2.15. The van der Waals surface area contributed by atoms with E-state index in [2.05, 4.69) is 4.98 Å². The van der Waals surface area contributed by atoms with Crippen LogP contribution in [0.5, 0.6) is 0 Å². The van der Waals surface area contributed by atoms with Gasteiger partial charge in [-0.05, 0) is 23.6 Å². The van der Waals surface area contributed by atoms with E-state index in [1.54, 1.807) is 32.2 Å². The predicted octanol–water partition coefficient (Wildman–Crippen LogP) is 2.51. The number of H-pyrrole nitrogens is 1. The third-order valence-electron chi connectivity index (χ3n) is 2.46. The molecule has 0 aliphatic rings. The van der Waals surface area contributed by atoms with Crippen LogP contribution < -0.4 is 0 Å². The molecule has 0 spiro atoms. The maximum atomic E-state index is 11.7. The zero-order valence-electron chi connectivity index (χ0n) is 9.69. The molecule has 2 aromatic rings. The number of hydrogen-bond donors (Lipinski definition) is 1. The first-order chi connectivity index (χ1) is 8.08. The fourth-order valence-electron chi connectivity index (χ4n) is 1.44. The first-order valence-corrected chi connectivity index (χ1v) is 5.41. The largest absolute Gasteiger partial charge is 0.389 e. The number of aromatic amines is 1. The maximum absolute atomic E-state index is 11.7. The number of fused-ring (bicyclic) bond motifs is 1. The van der Waals surface area contributed by atoms with Crippen molar-refractivity contribution >= 4 is 22.8 Å². The second-order valence-corrected chi connectivity index (χ2v) is 4.14. The summed E-state index contributed by atoms with van der Waals surface area (Å²) in [5.41, 5.74) is 1.21. The van der Waals surface area contributed by atoms with E-state index >= 15 is 0 Å². The highest BCUT2D eigenvalue weighted by atomic mass is 16.6. The van der Waals surface area contributed by atoms with E-state index in [4.69, 9.17) is 4.74 Å². The summed E-state index contributed by atoms with van der Waals surface area (Å²) in [6.07, 6.45) is 1.79. The summed E-state index contributed by atoms with van der Waals surface area (Å²) in [6, 6.07) is 7.03. The molecule has 1 heterocycles. The molecule has 1 N–H and O–H groups in total. The average molecular weight is 231 g/mol. The molecule has 0 aliphatic carbocycles. The van der Waals surface area contributed by atoms with Gasteiger partial charge in [-0.1, -0.05) is 19.9 Å². The Morgan fingerprint density at radius 3 is 2.71 bits per heavy atom. The molecule has 0 bridgehead atoms. The van der Waals surface area contributed by atoms with Crippen molar-refractivity contribution in [1.82, 2.24) is 4.98 Å². The summed E-state index contributed by atoms with van der Waals surface area (Å²) in [5, 5.41) is 1.01. The topological polar surface area (TPSA) is 59.2 Å². The van der Waals surface area contributed by atoms with Gasteiger partial charge in [0.05, 0.1) is 11.5 Å². The normalized spacial score (nSPS) is 10.8. The minimum Gasteiger partial charge on any atom is -0.389 e. The molecule has 17 heavy (non-hydrogen) atoms. The average Bonchev–Trinajstić information content (AvgIpc) is 2.75. The van der Waals surface area contributed by atoms with Crippen LogP contribution in [0.4, 0.5) is 0 Å². The molecule has 0 radical (unpaired) electrons. The van der Waals surface area contributed by atoms with Crippen LogP contribution in [0.3, 0.4) is 0 Å². The van der Waals surface area contributed by atoms with Crippen LogP contribution >= 0.6 is 0 Å². The smallest absolute Gasteiger partial charge is 0.345 e. The van der Waals surface area contributed by atoms with Crippen molar-refractivity contribution in [1.29, 1.82) is 0 Å². The zero-order chi connectivity index (χ0) is 12.4. The summed E-state index contributed by atoms with van der Waals surface area (Å²) in [4.78, 5) is 26.0. The number of esters is 2. The van der Waals surface area contributed by atoms with E-state index < -0.39 is 11.9 Å². The number of carbonyl (C=O) groups excluding carboxylic acids is 2. The third-order valence-corrected chi connectivity index (χ3v) is 2.46. The molecular formula is C13H13NO3. The van der Waals surface area contributed by atoms with Crippen molar-refractivity contribution in [2.75, 3.05) is 0 Å². The highest BCUT2D eigenvalue weighted by Gasteiger charge is 2.16. The Hall–Kier alpha value is -2.10. The Labute approximate surface area is 98.6 Å². The van der Waals surface area contributed by atoms with Gasteiger partial charge in [0.25, 0.3) is 0 Å². The highest BCUT2D eigenvalue weighted by molar-refractivity contribution is 5.99.